The number of carbonyl (C=O) groups excluding carboxylic acids is 1. The number of nitrogen functional groups attached to an aromatic ring is 1. The van der Waals surface area contributed by atoms with Crippen molar-refractivity contribution in [1.29, 1.82) is 0 Å². The maximum atomic E-state index is 11.6. The van der Waals surface area contributed by atoms with Crippen molar-refractivity contribution in [2.45, 2.75) is 13.0 Å². The molecule has 0 aromatic carbocycles. The number of hydrazine groups is 1. The summed E-state index contributed by atoms with van der Waals surface area (Å²) in [5, 5.41) is 8.98. The standard InChI is InChI=1S/C13H22N4O3/c14-15-13(19)11-2-9-20-12(11)10-17-4-1-3-16(5-6-17)7-8-18/h2,9,18H,1,3-8,10,14H2,(H,15,19). The molecule has 1 aliphatic heterocycles. The molecular weight excluding hydrogens is 260 g/mol. The summed E-state index contributed by atoms with van der Waals surface area (Å²) >= 11 is 0. The molecule has 7 nitrogen and oxygen atoms in total. The Bertz CT molecular complexity index is 435. The number of amides is 1. The van der Waals surface area contributed by atoms with Gasteiger partial charge in [-0.05, 0) is 25.6 Å². The fourth-order valence-electron chi connectivity index (χ4n) is 2.49. The largest absolute Gasteiger partial charge is 0.467 e. The van der Waals surface area contributed by atoms with Gasteiger partial charge in [-0.15, -0.1) is 0 Å². The fraction of sp³-hybridized carbons (Fsp3) is 0.615. The number of aliphatic hydroxyl groups excluding tert-OH is 1. The number of aliphatic hydroxyl groups is 1. The number of hydrogen-bond donors (Lipinski definition) is 3. The van der Waals surface area contributed by atoms with Gasteiger partial charge in [0.15, 0.2) is 0 Å². The van der Waals surface area contributed by atoms with Crippen molar-refractivity contribution in [1.82, 2.24) is 15.2 Å². The summed E-state index contributed by atoms with van der Waals surface area (Å²) in [4.78, 5) is 16.1. The first-order valence-electron chi connectivity index (χ1n) is 6.87. The molecule has 20 heavy (non-hydrogen) atoms. The number of nitrogens with zero attached hydrogens (tertiary/aromatic N) is 2. The first-order chi connectivity index (χ1) is 9.74. The lowest BCUT2D eigenvalue weighted by Crippen LogP contribution is -2.33. The van der Waals surface area contributed by atoms with Crippen LogP contribution in [0.3, 0.4) is 0 Å². The lowest BCUT2D eigenvalue weighted by atomic mass is 10.2. The van der Waals surface area contributed by atoms with Gasteiger partial charge in [-0.1, -0.05) is 0 Å². The summed E-state index contributed by atoms with van der Waals surface area (Å²) in [5.41, 5.74) is 2.62. The first kappa shape index (κ1) is 15.0. The number of nitrogens with one attached hydrogen (secondary N) is 1. The van der Waals surface area contributed by atoms with Crippen LogP contribution in [0.5, 0.6) is 0 Å². The minimum atomic E-state index is -0.328. The van der Waals surface area contributed by atoms with Gasteiger partial charge >= 0.3 is 0 Å². The highest BCUT2D eigenvalue weighted by Crippen LogP contribution is 2.14. The van der Waals surface area contributed by atoms with Gasteiger partial charge in [-0.25, -0.2) is 5.84 Å². The second kappa shape index (κ2) is 7.39. The van der Waals surface area contributed by atoms with Crippen LogP contribution in [-0.4, -0.2) is 60.1 Å². The molecule has 1 aromatic rings. The van der Waals surface area contributed by atoms with Gasteiger partial charge in [-0.3, -0.25) is 20.0 Å². The van der Waals surface area contributed by atoms with Gasteiger partial charge in [0.05, 0.1) is 25.0 Å². The van der Waals surface area contributed by atoms with Crippen LogP contribution in [0, 0.1) is 0 Å². The Morgan fingerprint density at radius 3 is 2.85 bits per heavy atom. The smallest absolute Gasteiger partial charge is 0.268 e. The van der Waals surface area contributed by atoms with E-state index in [1.54, 1.807) is 6.07 Å². The predicted octanol–water partition coefficient (Wildman–Crippen LogP) is -0.617. The van der Waals surface area contributed by atoms with Gasteiger partial charge < -0.3 is 9.52 Å². The molecule has 0 unspecified atom stereocenters. The summed E-state index contributed by atoms with van der Waals surface area (Å²) in [6, 6.07) is 1.63. The Morgan fingerprint density at radius 2 is 2.10 bits per heavy atom. The predicted molar refractivity (Wildman–Crippen MR) is 73.8 cm³/mol. The molecule has 1 aliphatic rings. The van der Waals surface area contributed by atoms with Crippen LogP contribution in [0.15, 0.2) is 16.7 Å². The molecule has 1 aromatic heterocycles. The highest BCUT2D eigenvalue weighted by atomic mass is 16.3. The summed E-state index contributed by atoms with van der Waals surface area (Å²) in [6.07, 6.45) is 2.55. The van der Waals surface area contributed by atoms with Crippen LogP contribution in [0.1, 0.15) is 22.5 Å². The van der Waals surface area contributed by atoms with Gasteiger partial charge in [0.2, 0.25) is 0 Å². The van der Waals surface area contributed by atoms with Crippen molar-refractivity contribution in [2.24, 2.45) is 5.84 Å². The van der Waals surface area contributed by atoms with Crippen LogP contribution >= 0.6 is 0 Å². The minimum Gasteiger partial charge on any atom is -0.467 e. The monoisotopic (exact) mass is 282 g/mol. The quantitative estimate of drug-likeness (QED) is 0.379. The van der Waals surface area contributed by atoms with Crippen LogP contribution in [-0.2, 0) is 6.54 Å². The maximum absolute atomic E-state index is 11.6. The normalized spacial score (nSPS) is 17.9. The first-order valence-corrected chi connectivity index (χ1v) is 6.87. The number of furan rings is 1. The van der Waals surface area contributed by atoms with Crippen molar-refractivity contribution in [3.05, 3.63) is 23.7 Å². The van der Waals surface area contributed by atoms with Crippen LogP contribution in [0.2, 0.25) is 0 Å². The highest BCUT2D eigenvalue weighted by molar-refractivity contribution is 5.94. The molecular formula is C13H22N4O3. The molecule has 0 bridgehead atoms. The van der Waals surface area contributed by atoms with E-state index >= 15 is 0 Å². The third-order valence-electron chi connectivity index (χ3n) is 3.59. The molecule has 2 heterocycles. The topological polar surface area (TPSA) is 95.0 Å². The van der Waals surface area contributed by atoms with Crippen molar-refractivity contribution < 1.29 is 14.3 Å². The van der Waals surface area contributed by atoms with Crippen LogP contribution in [0.4, 0.5) is 0 Å². The Balaban J connectivity index is 1.93. The van der Waals surface area contributed by atoms with E-state index < -0.39 is 0 Å². The number of hydrogen-bond acceptors (Lipinski definition) is 6. The second-order valence-electron chi connectivity index (χ2n) is 4.93. The van der Waals surface area contributed by atoms with Crippen molar-refractivity contribution in [3.8, 4) is 0 Å². The number of nitrogens with two attached hydrogens (primary N) is 1. The molecule has 0 atom stereocenters. The molecule has 1 saturated heterocycles. The van der Waals surface area contributed by atoms with E-state index in [2.05, 4.69) is 15.2 Å². The maximum Gasteiger partial charge on any atom is 0.268 e. The van der Waals surface area contributed by atoms with E-state index in [4.69, 9.17) is 15.4 Å². The highest BCUT2D eigenvalue weighted by Gasteiger charge is 2.19. The number of carbonyl (C=O) groups is 1. The summed E-state index contributed by atoms with van der Waals surface area (Å²) in [7, 11) is 0. The van der Waals surface area contributed by atoms with Crippen LogP contribution in [0.25, 0.3) is 0 Å². The molecule has 0 saturated carbocycles. The van der Waals surface area contributed by atoms with Gasteiger partial charge in [0, 0.05) is 19.6 Å². The van der Waals surface area contributed by atoms with E-state index in [-0.39, 0.29) is 12.5 Å². The SMILES string of the molecule is NNC(=O)c1ccoc1CN1CCCN(CCO)CC1. The fourth-order valence-corrected chi connectivity index (χ4v) is 2.49. The van der Waals surface area contributed by atoms with E-state index in [1.165, 1.54) is 6.26 Å². The summed E-state index contributed by atoms with van der Waals surface area (Å²) in [6.45, 7) is 5.26. The van der Waals surface area contributed by atoms with Gasteiger partial charge in [0.1, 0.15) is 5.76 Å². The molecule has 2 rings (SSSR count). The van der Waals surface area contributed by atoms with Crippen molar-refractivity contribution in [2.75, 3.05) is 39.3 Å². The third kappa shape index (κ3) is 3.80. The molecule has 0 spiro atoms. The Labute approximate surface area is 118 Å². The molecule has 0 radical (unpaired) electrons. The van der Waals surface area contributed by atoms with Crippen molar-refractivity contribution in [3.63, 3.8) is 0 Å². The number of β-amino-alcohol motifs (C(OH)–C–C–N with tert-alkyl or cyclic N) is 1. The Morgan fingerprint density at radius 1 is 1.35 bits per heavy atom. The molecule has 112 valence electrons. The molecule has 4 N–H and O–H groups in total. The van der Waals surface area contributed by atoms with E-state index in [9.17, 15) is 4.79 Å². The zero-order chi connectivity index (χ0) is 14.4. The van der Waals surface area contributed by atoms with E-state index in [1.807, 2.05) is 0 Å². The zero-order valence-corrected chi connectivity index (χ0v) is 11.5. The van der Waals surface area contributed by atoms with Crippen molar-refractivity contribution >= 4 is 5.91 Å². The lowest BCUT2D eigenvalue weighted by Gasteiger charge is -2.20. The summed E-state index contributed by atoms with van der Waals surface area (Å²) < 4.78 is 5.39. The summed E-state index contributed by atoms with van der Waals surface area (Å²) in [5.74, 6) is 5.47. The average Bonchev–Trinajstić information content (AvgIpc) is 2.80. The Kier molecular flexibility index (Phi) is 5.54. The lowest BCUT2D eigenvalue weighted by molar-refractivity contribution is 0.0949. The van der Waals surface area contributed by atoms with Gasteiger partial charge in [-0.2, -0.15) is 0 Å². The molecule has 0 aliphatic carbocycles. The van der Waals surface area contributed by atoms with Crippen LogP contribution < -0.4 is 11.3 Å². The van der Waals surface area contributed by atoms with E-state index in [0.717, 1.165) is 39.1 Å². The third-order valence-corrected chi connectivity index (χ3v) is 3.59. The molecule has 1 amide bonds. The number of rotatable bonds is 5. The van der Waals surface area contributed by atoms with Gasteiger partial charge in [0.25, 0.3) is 5.91 Å². The van der Waals surface area contributed by atoms with E-state index in [0.29, 0.717) is 17.9 Å². The molecule has 7 heteroatoms. The minimum absolute atomic E-state index is 0.193. The zero-order valence-electron chi connectivity index (χ0n) is 11.5. The molecule has 1 fully saturated rings. The second-order valence-corrected chi connectivity index (χ2v) is 4.93. The average molecular weight is 282 g/mol. The Hall–Kier alpha value is -1.41.